The lowest BCUT2D eigenvalue weighted by Gasteiger charge is -2.24. The quantitative estimate of drug-likeness (QED) is 0.736. The van der Waals surface area contributed by atoms with Crippen molar-refractivity contribution in [2.24, 2.45) is 0 Å². The highest BCUT2D eigenvalue weighted by molar-refractivity contribution is 7.89. The molecule has 0 radical (unpaired) electrons. The number of sulfonamides is 1. The minimum atomic E-state index is -3.82. The Kier molecular flexibility index (Phi) is 6.38. The van der Waals surface area contributed by atoms with Gasteiger partial charge in [0.2, 0.25) is 10.0 Å². The number of nitrogens with zero attached hydrogens (tertiary/aromatic N) is 1. The molecule has 0 heterocycles. The second-order valence-corrected chi connectivity index (χ2v) is 10.0. The van der Waals surface area contributed by atoms with E-state index < -0.39 is 15.6 Å². The van der Waals surface area contributed by atoms with Gasteiger partial charge in [-0.25, -0.2) is 13.1 Å². The van der Waals surface area contributed by atoms with Crippen LogP contribution in [0.5, 0.6) is 0 Å². The van der Waals surface area contributed by atoms with E-state index in [-0.39, 0.29) is 27.4 Å². The third kappa shape index (κ3) is 5.67. The summed E-state index contributed by atoms with van der Waals surface area (Å²) >= 11 is 6.07. The van der Waals surface area contributed by atoms with Gasteiger partial charge in [0, 0.05) is 29.7 Å². The first kappa shape index (κ1) is 21.2. The molecule has 2 rings (SSSR count). The van der Waals surface area contributed by atoms with E-state index >= 15 is 0 Å². The van der Waals surface area contributed by atoms with Crippen LogP contribution in [0.1, 0.15) is 50.9 Å². The van der Waals surface area contributed by atoms with Gasteiger partial charge >= 0.3 is 0 Å². The molecule has 6 nitrogen and oxygen atoms in total. The molecule has 1 aromatic rings. The summed E-state index contributed by atoms with van der Waals surface area (Å²) in [6, 6.07) is 5.11. The lowest BCUT2D eigenvalue weighted by Crippen LogP contribution is -2.41. The molecule has 8 heteroatoms. The van der Waals surface area contributed by atoms with Crippen molar-refractivity contribution in [1.82, 2.24) is 14.9 Å². The molecule has 2 N–H and O–H groups in total. The molecule has 0 saturated heterocycles. The molecule has 0 bridgehead atoms. The molecule has 1 aliphatic rings. The van der Waals surface area contributed by atoms with Gasteiger partial charge < -0.3 is 5.32 Å². The highest BCUT2D eigenvalue weighted by atomic mass is 35.5. The van der Waals surface area contributed by atoms with Gasteiger partial charge in [-0.15, -0.1) is 0 Å². The van der Waals surface area contributed by atoms with Crippen molar-refractivity contribution in [3.05, 3.63) is 28.8 Å². The van der Waals surface area contributed by atoms with Gasteiger partial charge in [0.1, 0.15) is 4.90 Å². The van der Waals surface area contributed by atoms with Crippen LogP contribution in [0.25, 0.3) is 0 Å². The molecule has 0 spiro atoms. The molecular formula is C18H28ClN3O3S. The van der Waals surface area contributed by atoms with Gasteiger partial charge in [-0.05, 0) is 65.8 Å². The first-order chi connectivity index (χ1) is 11.9. The summed E-state index contributed by atoms with van der Waals surface area (Å²) in [6.07, 6.45) is 2.40. The summed E-state index contributed by atoms with van der Waals surface area (Å²) in [5.74, 6) is -0.315. The summed E-state index contributed by atoms with van der Waals surface area (Å²) in [5.41, 5.74) is -0.381. The molecule has 26 heavy (non-hydrogen) atoms. The average molecular weight is 402 g/mol. The standard InChI is InChI=1S/C18H28ClN3O3S/c1-12(22(5)14-7-8-14)11-20-17(23)13-6-9-15(19)16(10-13)26(24,25)21-18(2,3)4/h6,9-10,12,14,21H,7-8,11H2,1-5H3,(H,20,23). The van der Waals surface area contributed by atoms with Crippen LogP contribution in [0, 0.1) is 0 Å². The highest BCUT2D eigenvalue weighted by Crippen LogP contribution is 2.27. The number of halogens is 1. The van der Waals surface area contributed by atoms with E-state index in [0.717, 1.165) is 0 Å². The molecule has 1 aromatic carbocycles. The van der Waals surface area contributed by atoms with Gasteiger partial charge in [0.05, 0.1) is 5.02 Å². The van der Waals surface area contributed by atoms with Crippen molar-refractivity contribution in [2.45, 2.75) is 63.1 Å². The fraction of sp³-hybridized carbons (Fsp3) is 0.611. The zero-order valence-corrected chi connectivity index (χ0v) is 17.5. The van der Waals surface area contributed by atoms with Crippen LogP contribution < -0.4 is 10.0 Å². The Morgan fingerprint density at radius 1 is 1.35 bits per heavy atom. The van der Waals surface area contributed by atoms with Gasteiger partial charge in [0.25, 0.3) is 5.91 Å². The van der Waals surface area contributed by atoms with E-state index in [1.165, 1.54) is 31.0 Å². The van der Waals surface area contributed by atoms with E-state index in [0.29, 0.717) is 12.6 Å². The lowest BCUT2D eigenvalue weighted by atomic mass is 10.1. The molecule has 1 atom stereocenters. The summed E-state index contributed by atoms with van der Waals surface area (Å²) in [4.78, 5) is 14.6. The van der Waals surface area contributed by atoms with Crippen LogP contribution in [-0.4, -0.2) is 50.4 Å². The molecule has 1 saturated carbocycles. The minimum absolute atomic E-state index is 0.0835. The Balaban J connectivity index is 2.11. The maximum atomic E-state index is 12.5. The predicted octanol–water partition coefficient (Wildman–Crippen LogP) is 2.63. The molecule has 1 fully saturated rings. The van der Waals surface area contributed by atoms with Gasteiger partial charge in [-0.3, -0.25) is 9.69 Å². The van der Waals surface area contributed by atoms with E-state index in [4.69, 9.17) is 11.6 Å². The Morgan fingerprint density at radius 2 is 1.96 bits per heavy atom. The first-order valence-electron chi connectivity index (χ1n) is 8.74. The number of rotatable bonds is 7. The number of carbonyl (C=O) groups is 1. The fourth-order valence-electron chi connectivity index (χ4n) is 2.64. The van der Waals surface area contributed by atoms with Crippen molar-refractivity contribution in [1.29, 1.82) is 0 Å². The van der Waals surface area contributed by atoms with E-state index in [2.05, 4.69) is 28.9 Å². The lowest BCUT2D eigenvalue weighted by molar-refractivity contribution is 0.0939. The molecule has 1 unspecified atom stereocenters. The zero-order valence-electron chi connectivity index (χ0n) is 16.0. The smallest absolute Gasteiger partial charge is 0.251 e. The summed E-state index contributed by atoms with van der Waals surface area (Å²) in [7, 11) is -1.77. The predicted molar refractivity (Wildman–Crippen MR) is 104 cm³/mol. The third-order valence-corrected chi connectivity index (χ3v) is 6.54. The molecule has 0 aromatic heterocycles. The number of nitrogens with one attached hydrogen (secondary N) is 2. The van der Waals surface area contributed by atoms with Crippen LogP contribution in [0.15, 0.2) is 23.1 Å². The maximum Gasteiger partial charge on any atom is 0.251 e. The van der Waals surface area contributed by atoms with Crippen LogP contribution in [0.4, 0.5) is 0 Å². The number of hydrogen-bond acceptors (Lipinski definition) is 4. The van der Waals surface area contributed by atoms with E-state index in [9.17, 15) is 13.2 Å². The fourth-order valence-corrected chi connectivity index (χ4v) is 4.58. The average Bonchev–Trinajstić information content (AvgIpc) is 3.34. The zero-order chi connectivity index (χ0) is 19.7. The van der Waals surface area contributed by atoms with Crippen LogP contribution in [-0.2, 0) is 10.0 Å². The minimum Gasteiger partial charge on any atom is -0.350 e. The maximum absolute atomic E-state index is 12.5. The first-order valence-corrected chi connectivity index (χ1v) is 10.6. The number of benzene rings is 1. The molecular weight excluding hydrogens is 374 g/mol. The Bertz CT molecular complexity index is 770. The summed E-state index contributed by atoms with van der Waals surface area (Å²) in [6.45, 7) is 7.78. The third-order valence-electron chi connectivity index (χ3n) is 4.30. The van der Waals surface area contributed by atoms with E-state index in [1.807, 2.05) is 0 Å². The van der Waals surface area contributed by atoms with Crippen molar-refractivity contribution >= 4 is 27.5 Å². The van der Waals surface area contributed by atoms with Crippen molar-refractivity contribution in [3.8, 4) is 0 Å². The molecule has 0 aliphatic heterocycles. The van der Waals surface area contributed by atoms with Crippen LogP contribution in [0.3, 0.4) is 0 Å². The number of hydrogen-bond donors (Lipinski definition) is 2. The molecule has 1 aliphatic carbocycles. The Labute approximate surface area is 161 Å². The van der Waals surface area contributed by atoms with E-state index in [1.54, 1.807) is 20.8 Å². The van der Waals surface area contributed by atoms with Crippen molar-refractivity contribution < 1.29 is 13.2 Å². The molecule has 1 amide bonds. The Morgan fingerprint density at radius 3 is 2.50 bits per heavy atom. The summed E-state index contributed by atoms with van der Waals surface area (Å²) in [5, 5.41) is 2.95. The topological polar surface area (TPSA) is 78.5 Å². The van der Waals surface area contributed by atoms with Crippen LogP contribution in [0.2, 0.25) is 5.02 Å². The molecule has 146 valence electrons. The second kappa shape index (κ2) is 7.84. The van der Waals surface area contributed by atoms with Gasteiger partial charge in [-0.1, -0.05) is 11.6 Å². The monoisotopic (exact) mass is 401 g/mol. The SMILES string of the molecule is CC(CNC(=O)c1ccc(Cl)c(S(=O)(=O)NC(C)(C)C)c1)N(C)C1CC1. The van der Waals surface area contributed by atoms with Crippen LogP contribution >= 0.6 is 11.6 Å². The van der Waals surface area contributed by atoms with Crippen molar-refractivity contribution in [3.63, 3.8) is 0 Å². The second-order valence-electron chi connectivity index (χ2n) is 7.96. The normalized spacial score (nSPS) is 16.6. The number of likely N-dealkylation sites (N-methyl/N-ethyl adjacent to an activating group) is 1. The summed E-state index contributed by atoms with van der Waals surface area (Å²) < 4.78 is 27.6. The van der Waals surface area contributed by atoms with Gasteiger partial charge in [-0.2, -0.15) is 0 Å². The number of carbonyl (C=O) groups excluding carboxylic acids is 1. The highest BCUT2D eigenvalue weighted by Gasteiger charge is 2.29. The number of amides is 1. The van der Waals surface area contributed by atoms with Crippen molar-refractivity contribution in [2.75, 3.05) is 13.6 Å². The van der Waals surface area contributed by atoms with Gasteiger partial charge in [0.15, 0.2) is 0 Å². The Hall–Kier alpha value is -1.15. The largest absolute Gasteiger partial charge is 0.350 e.